The Morgan fingerprint density at radius 1 is 1.19 bits per heavy atom. The van der Waals surface area contributed by atoms with Gasteiger partial charge in [-0.2, -0.15) is 0 Å². The predicted molar refractivity (Wildman–Crippen MR) is 104 cm³/mol. The fourth-order valence-electron chi connectivity index (χ4n) is 3.06. The third-order valence-corrected chi connectivity index (χ3v) is 5.91. The van der Waals surface area contributed by atoms with E-state index in [2.05, 4.69) is 17.6 Å². The quantitative estimate of drug-likeness (QED) is 0.734. The van der Waals surface area contributed by atoms with E-state index in [-0.39, 0.29) is 5.91 Å². The molecule has 0 bridgehead atoms. The van der Waals surface area contributed by atoms with Crippen LogP contribution in [-0.2, 0) is 17.6 Å². The Morgan fingerprint density at radius 2 is 1.89 bits per heavy atom. The van der Waals surface area contributed by atoms with Gasteiger partial charge in [0.25, 0.3) is 11.8 Å². The van der Waals surface area contributed by atoms with Crippen LogP contribution in [0.2, 0.25) is 0 Å². The van der Waals surface area contributed by atoms with Crippen LogP contribution in [0.4, 0.5) is 5.69 Å². The summed E-state index contributed by atoms with van der Waals surface area (Å²) in [7, 11) is 0. The molecule has 3 N–H and O–H groups in total. The van der Waals surface area contributed by atoms with E-state index < -0.39 is 17.9 Å². The van der Waals surface area contributed by atoms with Gasteiger partial charge in [-0.3, -0.25) is 14.4 Å². The molecular weight excluding hydrogens is 364 g/mol. The zero-order chi connectivity index (χ0) is 19.6. The summed E-state index contributed by atoms with van der Waals surface area (Å²) in [5, 5.41) is 14.1. The highest BCUT2D eigenvalue weighted by Gasteiger charge is 2.21. The zero-order valence-electron chi connectivity index (χ0n) is 15.2. The second kappa shape index (κ2) is 7.92. The lowest BCUT2D eigenvalue weighted by Crippen LogP contribution is -2.38. The predicted octanol–water partition coefficient (Wildman–Crippen LogP) is 3.33. The van der Waals surface area contributed by atoms with Gasteiger partial charge >= 0.3 is 5.97 Å². The number of aliphatic carboxylic acids is 1. The summed E-state index contributed by atoms with van der Waals surface area (Å²) in [6.07, 6.45) is 3.23. The van der Waals surface area contributed by atoms with Gasteiger partial charge in [-0.25, -0.2) is 0 Å². The van der Waals surface area contributed by atoms with Crippen LogP contribution in [0.3, 0.4) is 0 Å². The molecule has 142 valence electrons. The fourth-order valence-corrected chi connectivity index (χ4v) is 4.16. The van der Waals surface area contributed by atoms with Gasteiger partial charge in [-0.15, -0.1) is 11.3 Å². The lowest BCUT2D eigenvalue weighted by atomic mass is 9.90. The first-order valence-electron chi connectivity index (χ1n) is 8.90. The average Bonchev–Trinajstić information content (AvgIpc) is 3.05. The van der Waals surface area contributed by atoms with Gasteiger partial charge in [0.05, 0.1) is 4.88 Å². The highest BCUT2D eigenvalue weighted by molar-refractivity contribution is 7.14. The van der Waals surface area contributed by atoms with E-state index in [0.29, 0.717) is 22.0 Å². The van der Waals surface area contributed by atoms with Gasteiger partial charge in [0.2, 0.25) is 0 Å². The SMILES string of the molecule is CC1CCc2sc(C(=O)Nc3ccc(C(=O)NC(C)C(=O)O)cc3)cc2C1. The first kappa shape index (κ1) is 19.1. The number of carbonyl (C=O) groups is 3. The number of nitrogens with one attached hydrogen (secondary N) is 2. The van der Waals surface area contributed by atoms with Crippen LogP contribution in [0.5, 0.6) is 0 Å². The number of hydrogen-bond donors (Lipinski definition) is 3. The second-order valence-corrected chi connectivity index (χ2v) is 8.11. The molecular formula is C20H22N2O4S. The minimum atomic E-state index is -1.10. The molecule has 0 saturated carbocycles. The molecule has 1 aliphatic carbocycles. The van der Waals surface area contributed by atoms with Crippen molar-refractivity contribution in [2.45, 2.75) is 39.2 Å². The number of carboxylic acids is 1. The summed E-state index contributed by atoms with van der Waals surface area (Å²) in [5.74, 6) is -1.06. The van der Waals surface area contributed by atoms with Crippen molar-refractivity contribution >= 4 is 34.8 Å². The van der Waals surface area contributed by atoms with E-state index in [0.717, 1.165) is 12.8 Å². The highest BCUT2D eigenvalue weighted by atomic mass is 32.1. The van der Waals surface area contributed by atoms with Gasteiger partial charge in [0.1, 0.15) is 6.04 Å². The van der Waals surface area contributed by atoms with Crippen molar-refractivity contribution in [1.82, 2.24) is 5.32 Å². The van der Waals surface area contributed by atoms with Gasteiger partial charge < -0.3 is 15.7 Å². The molecule has 0 aliphatic heterocycles. The van der Waals surface area contributed by atoms with Crippen molar-refractivity contribution in [3.8, 4) is 0 Å². The summed E-state index contributed by atoms with van der Waals surface area (Å²) in [5.41, 5.74) is 2.20. The molecule has 0 radical (unpaired) electrons. The molecule has 2 amide bonds. The van der Waals surface area contributed by atoms with Gasteiger partial charge in [0.15, 0.2) is 0 Å². The number of hydrogen-bond acceptors (Lipinski definition) is 4. The van der Waals surface area contributed by atoms with Crippen molar-refractivity contribution in [2.24, 2.45) is 5.92 Å². The average molecular weight is 386 g/mol. The van der Waals surface area contributed by atoms with Crippen molar-refractivity contribution in [2.75, 3.05) is 5.32 Å². The largest absolute Gasteiger partial charge is 0.480 e. The van der Waals surface area contributed by atoms with E-state index in [9.17, 15) is 14.4 Å². The Morgan fingerprint density at radius 3 is 2.56 bits per heavy atom. The summed E-state index contributed by atoms with van der Waals surface area (Å²) in [6.45, 7) is 3.63. The molecule has 1 aromatic heterocycles. The Balaban J connectivity index is 1.63. The molecule has 2 unspecified atom stereocenters. The zero-order valence-corrected chi connectivity index (χ0v) is 16.1. The van der Waals surface area contributed by atoms with Crippen LogP contribution in [0, 0.1) is 5.92 Å². The standard InChI is InChI=1S/C20H22N2O4S/c1-11-3-8-16-14(9-11)10-17(27-16)19(24)22-15-6-4-13(5-7-15)18(23)21-12(2)20(25)26/h4-7,10-12H,3,8-9H2,1-2H3,(H,21,23)(H,22,24)(H,25,26). The maximum Gasteiger partial charge on any atom is 0.325 e. The third-order valence-electron chi connectivity index (χ3n) is 4.68. The van der Waals surface area contributed by atoms with Crippen LogP contribution >= 0.6 is 11.3 Å². The number of benzene rings is 1. The Kier molecular flexibility index (Phi) is 5.60. The lowest BCUT2D eigenvalue weighted by molar-refractivity contribution is -0.138. The minimum Gasteiger partial charge on any atom is -0.480 e. The van der Waals surface area contributed by atoms with E-state index in [1.807, 2.05) is 6.07 Å². The second-order valence-electron chi connectivity index (χ2n) is 6.97. The van der Waals surface area contributed by atoms with Crippen LogP contribution in [0.1, 0.15) is 50.7 Å². The van der Waals surface area contributed by atoms with Crippen molar-refractivity contribution in [3.63, 3.8) is 0 Å². The molecule has 6 nitrogen and oxygen atoms in total. The maximum atomic E-state index is 12.5. The Labute approximate surface area is 161 Å². The lowest BCUT2D eigenvalue weighted by Gasteiger charge is -2.16. The summed E-state index contributed by atoms with van der Waals surface area (Å²) < 4.78 is 0. The molecule has 2 aromatic rings. The van der Waals surface area contributed by atoms with Crippen molar-refractivity contribution < 1.29 is 19.5 Å². The van der Waals surface area contributed by atoms with E-state index >= 15 is 0 Å². The summed E-state index contributed by atoms with van der Waals surface area (Å²) >= 11 is 1.55. The first-order valence-corrected chi connectivity index (χ1v) is 9.72. The smallest absolute Gasteiger partial charge is 0.325 e. The molecule has 2 atom stereocenters. The number of anilines is 1. The number of carbonyl (C=O) groups excluding carboxylic acids is 2. The molecule has 3 rings (SSSR count). The molecule has 27 heavy (non-hydrogen) atoms. The van der Waals surface area contributed by atoms with Crippen LogP contribution < -0.4 is 10.6 Å². The number of amides is 2. The first-order chi connectivity index (χ1) is 12.8. The third kappa shape index (κ3) is 4.54. The number of aryl methyl sites for hydroxylation is 1. The van der Waals surface area contributed by atoms with Gasteiger partial charge in [-0.1, -0.05) is 6.92 Å². The van der Waals surface area contributed by atoms with Crippen molar-refractivity contribution in [1.29, 1.82) is 0 Å². The number of carboxylic acid groups (broad SMARTS) is 1. The molecule has 7 heteroatoms. The van der Waals surface area contributed by atoms with E-state index in [4.69, 9.17) is 5.11 Å². The van der Waals surface area contributed by atoms with Crippen LogP contribution in [-0.4, -0.2) is 28.9 Å². The minimum absolute atomic E-state index is 0.154. The normalized spacial score (nSPS) is 16.9. The van der Waals surface area contributed by atoms with Crippen LogP contribution in [0.15, 0.2) is 30.3 Å². The molecule has 0 fully saturated rings. The highest BCUT2D eigenvalue weighted by Crippen LogP contribution is 2.32. The van der Waals surface area contributed by atoms with Crippen LogP contribution in [0.25, 0.3) is 0 Å². The van der Waals surface area contributed by atoms with Gasteiger partial charge in [0, 0.05) is 16.1 Å². The molecule has 0 spiro atoms. The number of thiophene rings is 1. The topological polar surface area (TPSA) is 95.5 Å². The molecule has 0 saturated heterocycles. The van der Waals surface area contributed by atoms with Crippen molar-refractivity contribution in [3.05, 3.63) is 51.2 Å². The monoisotopic (exact) mass is 386 g/mol. The van der Waals surface area contributed by atoms with Gasteiger partial charge in [-0.05, 0) is 68.0 Å². The fraction of sp³-hybridized carbons (Fsp3) is 0.350. The van der Waals surface area contributed by atoms with E-state index in [1.165, 1.54) is 23.8 Å². The molecule has 1 aliphatic rings. The number of rotatable bonds is 5. The molecule has 1 heterocycles. The summed E-state index contributed by atoms with van der Waals surface area (Å²) in [4.78, 5) is 37.3. The molecule has 1 aromatic carbocycles. The summed E-state index contributed by atoms with van der Waals surface area (Å²) in [6, 6.07) is 7.40. The Bertz CT molecular complexity index is 873. The Hall–Kier alpha value is -2.67. The van der Waals surface area contributed by atoms with E-state index in [1.54, 1.807) is 35.6 Å². The maximum absolute atomic E-state index is 12.5. The number of fused-ring (bicyclic) bond motifs is 1.